The smallest absolute Gasteiger partial charge is 0.361 e. The van der Waals surface area contributed by atoms with Gasteiger partial charge >= 0.3 is 5.97 Å². The van der Waals surface area contributed by atoms with Gasteiger partial charge in [0.25, 0.3) is 0 Å². The van der Waals surface area contributed by atoms with Crippen LogP contribution in [0.5, 0.6) is 0 Å². The van der Waals surface area contributed by atoms with E-state index in [0.717, 1.165) is 19.3 Å². The minimum absolute atomic E-state index is 0.0230. The number of esters is 1. The van der Waals surface area contributed by atoms with Gasteiger partial charge in [-0.15, -0.1) is 0 Å². The fourth-order valence-corrected chi connectivity index (χ4v) is 2.32. The van der Waals surface area contributed by atoms with Crippen LogP contribution in [0.15, 0.2) is 12.4 Å². The van der Waals surface area contributed by atoms with E-state index in [1.54, 1.807) is 0 Å². The summed E-state index contributed by atoms with van der Waals surface area (Å²) >= 11 is 0. The van der Waals surface area contributed by atoms with Gasteiger partial charge in [-0.05, 0) is 31.1 Å². The highest BCUT2D eigenvalue weighted by Gasteiger charge is 2.28. The lowest BCUT2D eigenvalue weighted by molar-refractivity contribution is 0.00827. The van der Waals surface area contributed by atoms with Crippen LogP contribution in [0, 0.1) is 11.8 Å². The van der Waals surface area contributed by atoms with Crippen LogP contribution in [0.3, 0.4) is 0 Å². The summed E-state index contributed by atoms with van der Waals surface area (Å²) in [5.41, 5.74) is 5.72. The van der Waals surface area contributed by atoms with E-state index in [9.17, 15) is 4.79 Å². The minimum atomic E-state index is -0.465. The van der Waals surface area contributed by atoms with Gasteiger partial charge in [0, 0.05) is 12.4 Å². The molecule has 1 aliphatic carbocycles. The summed E-state index contributed by atoms with van der Waals surface area (Å²) in [6.07, 6.45) is 5.79. The molecule has 1 heterocycles. The van der Waals surface area contributed by atoms with E-state index in [2.05, 4.69) is 23.8 Å². The van der Waals surface area contributed by atoms with Crippen molar-refractivity contribution in [3.8, 4) is 0 Å². The van der Waals surface area contributed by atoms with Crippen molar-refractivity contribution in [3.05, 3.63) is 18.1 Å². The van der Waals surface area contributed by atoms with E-state index < -0.39 is 5.97 Å². The number of nitrogen functional groups attached to an aromatic ring is 1. The van der Waals surface area contributed by atoms with Gasteiger partial charge in [-0.25, -0.2) is 14.8 Å². The molecule has 1 aromatic rings. The Balaban J connectivity index is 1.98. The predicted molar refractivity (Wildman–Crippen MR) is 67.8 cm³/mol. The van der Waals surface area contributed by atoms with Gasteiger partial charge in [0.05, 0.1) is 0 Å². The Labute approximate surface area is 107 Å². The number of anilines is 1. The summed E-state index contributed by atoms with van der Waals surface area (Å²) in [6.45, 7) is 4.44. The third-order valence-electron chi connectivity index (χ3n) is 3.74. The summed E-state index contributed by atoms with van der Waals surface area (Å²) in [5, 5.41) is 0. The number of aromatic nitrogens is 2. The molecule has 3 unspecified atom stereocenters. The second kappa shape index (κ2) is 5.33. The fourth-order valence-electron chi connectivity index (χ4n) is 2.32. The van der Waals surface area contributed by atoms with Crippen molar-refractivity contribution in [3.63, 3.8) is 0 Å². The Hall–Kier alpha value is -1.65. The van der Waals surface area contributed by atoms with Gasteiger partial charge < -0.3 is 10.5 Å². The van der Waals surface area contributed by atoms with Crippen LogP contribution in [-0.2, 0) is 4.74 Å². The third-order valence-corrected chi connectivity index (χ3v) is 3.74. The Morgan fingerprint density at radius 3 is 2.67 bits per heavy atom. The molecule has 0 bridgehead atoms. The highest BCUT2D eigenvalue weighted by atomic mass is 16.5. The first kappa shape index (κ1) is 12.8. The maximum absolute atomic E-state index is 11.9. The zero-order valence-electron chi connectivity index (χ0n) is 10.8. The molecule has 5 nitrogen and oxygen atoms in total. The second-order valence-corrected chi connectivity index (χ2v) is 5.09. The standard InChI is InChI=1S/C13H19N3O2/c1-8-3-4-10(7-9(8)2)18-13(17)11-12(14)16-6-5-15-11/h5-6,8-10H,3-4,7H2,1-2H3,(H2,14,16). The average molecular weight is 249 g/mol. The lowest BCUT2D eigenvalue weighted by Crippen LogP contribution is -2.29. The van der Waals surface area contributed by atoms with E-state index in [-0.39, 0.29) is 17.6 Å². The van der Waals surface area contributed by atoms with Crippen LogP contribution >= 0.6 is 0 Å². The quantitative estimate of drug-likeness (QED) is 0.811. The molecule has 1 aliphatic rings. The fraction of sp³-hybridized carbons (Fsp3) is 0.615. The minimum Gasteiger partial charge on any atom is -0.458 e. The first-order valence-corrected chi connectivity index (χ1v) is 6.35. The first-order chi connectivity index (χ1) is 8.58. The molecule has 0 aromatic carbocycles. The van der Waals surface area contributed by atoms with Gasteiger partial charge in [-0.2, -0.15) is 0 Å². The largest absolute Gasteiger partial charge is 0.458 e. The highest BCUT2D eigenvalue weighted by molar-refractivity contribution is 5.91. The lowest BCUT2D eigenvalue weighted by Gasteiger charge is -2.31. The Morgan fingerprint density at radius 1 is 1.28 bits per heavy atom. The normalized spacial score (nSPS) is 27.8. The summed E-state index contributed by atoms with van der Waals surface area (Å²) < 4.78 is 5.46. The van der Waals surface area contributed by atoms with Crippen LogP contribution < -0.4 is 5.73 Å². The zero-order chi connectivity index (χ0) is 13.1. The number of ether oxygens (including phenoxy) is 1. The number of nitrogens with zero attached hydrogens (tertiary/aromatic N) is 2. The van der Waals surface area contributed by atoms with Crippen LogP contribution in [0.25, 0.3) is 0 Å². The second-order valence-electron chi connectivity index (χ2n) is 5.09. The van der Waals surface area contributed by atoms with Crippen LogP contribution in [0.4, 0.5) is 5.82 Å². The molecular weight excluding hydrogens is 230 g/mol. The van der Waals surface area contributed by atoms with Crippen LogP contribution in [0.1, 0.15) is 43.6 Å². The van der Waals surface area contributed by atoms with E-state index in [1.165, 1.54) is 12.4 Å². The number of rotatable bonds is 2. The number of carbonyl (C=O) groups is 1. The summed E-state index contributed by atoms with van der Waals surface area (Å²) in [6, 6.07) is 0. The molecule has 18 heavy (non-hydrogen) atoms. The first-order valence-electron chi connectivity index (χ1n) is 6.35. The molecule has 0 spiro atoms. The molecule has 2 rings (SSSR count). The summed E-state index contributed by atoms with van der Waals surface area (Å²) in [5.74, 6) is 0.935. The topological polar surface area (TPSA) is 78.1 Å². The SMILES string of the molecule is CC1CCC(OC(=O)c2nccnc2N)CC1C. The molecular formula is C13H19N3O2. The van der Waals surface area contributed by atoms with Gasteiger partial charge in [0.1, 0.15) is 6.10 Å². The molecule has 3 atom stereocenters. The maximum atomic E-state index is 11.9. The van der Waals surface area contributed by atoms with Gasteiger partial charge in [0.2, 0.25) is 0 Å². The molecule has 1 fully saturated rings. The molecule has 0 radical (unpaired) electrons. The predicted octanol–water partition coefficient (Wildman–Crippen LogP) is 2.04. The van der Waals surface area contributed by atoms with Crippen molar-refractivity contribution in [2.24, 2.45) is 11.8 Å². The Kier molecular flexibility index (Phi) is 3.79. The van der Waals surface area contributed by atoms with E-state index in [4.69, 9.17) is 10.5 Å². The summed E-state index contributed by atoms with van der Waals surface area (Å²) in [4.78, 5) is 19.7. The van der Waals surface area contributed by atoms with Crippen molar-refractivity contribution in [1.82, 2.24) is 9.97 Å². The lowest BCUT2D eigenvalue weighted by atomic mass is 9.80. The molecule has 0 saturated heterocycles. The van der Waals surface area contributed by atoms with Crippen molar-refractivity contribution < 1.29 is 9.53 Å². The highest BCUT2D eigenvalue weighted by Crippen LogP contribution is 2.31. The Morgan fingerprint density at radius 2 is 2.00 bits per heavy atom. The van der Waals surface area contributed by atoms with Gasteiger partial charge in [-0.3, -0.25) is 0 Å². The molecule has 0 aliphatic heterocycles. The number of hydrogen-bond donors (Lipinski definition) is 1. The zero-order valence-corrected chi connectivity index (χ0v) is 10.8. The van der Waals surface area contributed by atoms with Crippen molar-refractivity contribution >= 4 is 11.8 Å². The van der Waals surface area contributed by atoms with Crippen LogP contribution in [-0.4, -0.2) is 22.0 Å². The number of nitrogens with two attached hydrogens (primary N) is 1. The molecule has 98 valence electrons. The number of carbonyl (C=O) groups excluding carboxylic acids is 1. The Bertz CT molecular complexity index is 436. The van der Waals surface area contributed by atoms with Gasteiger partial charge in [-0.1, -0.05) is 13.8 Å². The number of hydrogen-bond acceptors (Lipinski definition) is 5. The molecule has 5 heteroatoms. The third kappa shape index (κ3) is 2.78. The van der Waals surface area contributed by atoms with Crippen LogP contribution in [0.2, 0.25) is 0 Å². The average Bonchev–Trinajstić information content (AvgIpc) is 2.34. The molecule has 1 saturated carbocycles. The monoisotopic (exact) mass is 249 g/mol. The van der Waals surface area contributed by atoms with E-state index >= 15 is 0 Å². The molecule has 1 aromatic heterocycles. The van der Waals surface area contributed by atoms with Crippen molar-refractivity contribution in [1.29, 1.82) is 0 Å². The molecule has 2 N–H and O–H groups in total. The van der Waals surface area contributed by atoms with E-state index in [1.807, 2.05) is 0 Å². The van der Waals surface area contributed by atoms with E-state index in [0.29, 0.717) is 11.8 Å². The van der Waals surface area contributed by atoms with Gasteiger partial charge in [0.15, 0.2) is 11.5 Å². The van der Waals surface area contributed by atoms with Crippen molar-refractivity contribution in [2.45, 2.75) is 39.2 Å². The molecule has 0 amide bonds. The maximum Gasteiger partial charge on any atom is 0.361 e. The van der Waals surface area contributed by atoms with Crippen molar-refractivity contribution in [2.75, 3.05) is 5.73 Å². The summed E-state index contributed by atoms with van der Waals surface area (Å²) in [7, 11) is 0.